The number of likely N-dealkylation sites (tertiary alicyclic amines) is 1. The van der Waals surface area contributed by atoms with E-state index in [0.717, 1.165) is 31.4 Å². The number of halogens is 2. The first kappa shape index (κ1) is 14.8. The Labute approximate surface area is 119 Å². The Hall–Kier alpha value is -0.640. The highest BCUT2D eigenvalue weighted by atomic mass is 35.5. The van der Waals surface area contributed by atoms with Gasteiger partial charge in [0.05, 0.1) is 11.1 Å². The van der Waals surface area contributed by atoms with Crippen molar-refractivity contribution in [3.63, 3.8) is 0 Å². The predicted molar refractivity (Wildman–Crippen MR) is 75.8 cm³/mol. The molecule has 1 aliphatic rings. The van der Waals surface area contributed by atoms with E-state index in [4.69, 9.17) is 11.6 Å². The number of aliphatic hydroxyl groups excluding tert-OH is 1. The van der Waals surface area contributed by atoms with Crippen molar-refractivity contribution in [3.8, 4) is 0 Å². The van der Waals surface area contributed by atoms with Crippen molar-refractivity contribution in [2.75, 3.05) is 6.54 Å². The van der Waals surface area contributed by atoms with E-state index in [-0.39, 0.29) is 16.9 Å². The van der Waals surface area contributed by atoms with Crippen LogP contribution in [0.2, 0.25) is 5.02 Å². The van der Waals surface area contributed by atoms with E-state index < -0.39 is 0 Å². The Morgan fingerprint density at radius 2 is 2.26 bits per heavy atom. The van der Waals surface area contributed by atoms with Crippen molar-refractivity contribution in [1.82, 2.24) is 4.90 Å². The van der Waals surface area contributed by atoms with Gasteiger partial charge in [0.1, 0.15) is 5.82 Å². The number of piperidine rings is 1. The molecule has 0 spiro atoms. The summed E-state index contributed by atoms with van der Waals surface area (Å²) in [6, 6.07) is 5.33. The molecule has 2 atom stereocenters. The summed E-state index contributed by atoms with van der Waals surface area (Å²) in [5, 5.41) is 9.80. The third kappa shape index (κ3) is 3.91. The van der Waals surface area contributed by atoms with Crippen molar-refractivity contribution in [2.45, 2.75) is 51.3 Å². The summed E-state index contributed by atoms with van der Waals surface area (Å²) in [6.07, 6.45) is 3.92. The van der Waals surface area contributed by atoms with Crippen LogP contribution in [0.25, 0.3) is 0 Å². The van der Waals surface area contributed by atoms with Gasteiger partial charge in [-0.15, -0.1) is 0 Å². The van der Waals surface area contributed by atoms with Gasteiger partial charge >= 0.3 is 0 Å². The van der Waals surface area contributed by atoms with Gasteiger partial charge in [0.25, 0.3) is 0 Å². The van der Waals surface area contributed by atoms with Crippen LogP contribution in [0.4, 0.5) is 4.39 Å². The highest BCUT2D eigenvalue weighted by Crippen LogP contribution is 2.26. The van der Waals surface area contributed by atoms with Gasteiger partial charge in [0.15, 0.2) is 0 Å². The van der Waals surface area contributed by atoms with E-state index in [0.29, 0.717) is 12.6 Å². The third-order valence-electron chi connectivity index (χ3n) is 3.77. The molecule has 0 aromatic heterocycles. The maximum absolute atomic E-state index is 13.5. The topological polar surface area (TPSA) is 23.5 Å². The Morgan fingerprint density at radius 1 is 1.47 bits per heavy atom. The third-order valence-corrected chi connectivity index (χ3v) is 4.19. The molecule has 4 heteroatoms. The largest absolute Gasteiger partial charge is 0.393 e. The number of rotatable bonds is 4. The zero-order chi connectivity index (χ0) is 13.8. The van der Waals surface area contributed by atoms with E-state index >= 15 is 0 Å². The summed E-state index contributed by atoms with van der Waals surface area (Å²) in [6.45, 7) is 3.47. The number of benzene rings is 1. The average molecular weight is 286 g/mol. The molecule has 0 radical (unpaired) electrons. The molecule has 1 aromatic rings. The first-order valence-electron chi connectivity index (χ1n) is 6.93. The van der Waals surface area contributed by atoms with Gasteiger partial charge < -0.3 is 5.11 Å². The van der Waals surface area contributed by atoms with Crippen LogP contribution in [-0.2, 0) is 6.54 Å². The Balaban J connectivity index is 2.08. The minimum atomic E-state index is -0.358. The van der Waals surface area contributed by atoms with Gasteiger partial charge in [-0.25, -0.2) is 4.39 Å². The van der Waals surface area contributed by atoms with Crippen LogP contribution in [-0.4, -0.2) is 28.7 Å². The summed E-state index contributed by atoms with van der Waals surface area (Å²) < 4.78 is 13.5. The lowest BCUT2D eigenvalue weighted by molar-refractivity contribution is 0.0817. The fourth-order valence-electron chi connectivity index (χ4n) is 2.82. The second-order valence-corrected chi connectivity index (χ2v) is 5.80. The molecule has 2 unspecified atom stereocenters. The lowest BCUT2D eigenvalue weighted by Gasteiger charge is -2.36. The predicted octanol–water partition coefficient (Wildman–Crippen LogP) is 3.60. The van der Waals surface area contributed by atoms with Crippen LogP contribution in [0.1, 0.15) is 38.2 Å². The van der Waals surface area contributed by atoms with Crippen LogP contribution < -0.4 is 0 Å². The molecule has 106 valence electrons. The fraction of sp³-hybridized carbons (Fsp3) is 0.600. The summed E-state index contributed by atoms with van der Waals surface area (Å²) in [5.74, 6) is -0.358. The molecule has 1 fully saturated rings. The van der Waals surface area contributed by atoms with Crippen LogP contribution in [0.3, 0.4) is 0 Å². The second kappa shape index (κ2) is 6.69. The van der Waals surface area contributed by atoms with Crippen molar-refractivity contribution in [1.29, 1.82) is 0 Å². The number of hydrogen-bond donors (Lipinski definition) is 1. The smallest absolute Gasteiger partial charge is 0.142 e. The number of aliphatic hydroxyl groups is 1. The van der Waals surface area contributed by atoms with E-state index in [1.54, 1.807) is 6.07 Å². The van der Waals surface area contributed by atoms with Crippen molar-refractivity contribution in [2.24, 2.45) is 0 Å². The second-order valence-electron chi connectivity index (χ2n) is 5.42. The molecule has 0 bridgehead atoms. The molecule has 0 amide bonds. The summed E-state index contributed by atoms with van der Waals surface area (Å²) in [4.78, 5) is 2.32. The normalized spacial score (nSPS) is 22.4. The number of nitrogens with zero attached hydrogens (tertiary/aromatic N) is 1. The molecule has 1 saturated heterocycles. The SMILES string of the molecule is CC(O)CC1CCCCN1Cc1cccc(F)c1Cl. The molecule has 2 nitrogen and oxygen atoms in total. The van der Waals surface area contributed by atoms with E-state index in [2.05, 4.69) is 4.90 Å². The molecule has 0 aliphatic carbocycles. The van der Waals surface area contributed by atoms with Crippen LogP contribution in [0.15, 0.2) is 18.2 Å². The lowest BCUT2D eigenvalue weighted by atomic mass is 9.96. The van der Waals surface area contributed by atoms with Gasteiger partial charge in [-0.1, -0.05) is 30.2 Å². The Bertz CT molecular complexity index is 425. The van der Waals surface area contributed by atoms with Gasteiger partial charge in [-0.2, -0.15) is 0 Å². The highest BCUT2D eigenvalue weighted by molar-refractivity contribution is 6.31. The summed E-state index contributed by atoms with van der Waals surface area (Å²) in [7, 11) is 0. The van der Waals surface area contributed by atoms with E-state index in [1.165, 1.54) is 12.5 Å². The monoisotopic (exact) mass is 285 g/mol. The molecular formula is C15H21ClFNO. The molecule has 0 saturated carbocycles. The molecule has 1 N–H and O–H groups in total. The summed E-state index contributed by atoms with van der Waals surface area (Å²) in [5.41, 5.74) is 0.833. The first-order valence-corrected chi connectivity index (χ1v) is 7.30. The maximum atomic E-state index is 13.5. The van der Waals surface area contributed by atoms with Crippen molar-refractivity contribution < 1.29 is 9.50 Å². The Kier molecular flexibility index (Phi) is 5.20. The maximum Gasteiger partial charge on any atom is 0.142 e. The average Bonchev–Trinajstić information content (AvgIpc) is 2.36. The van der Waals surface area contributed by atoms with Gasteiger partial charge in [0, 0.05) is 12.6 Å². The molecule has 1 heterocycles. The molecular weight excluding hydrogens is 265 g/mol. The zero-order valence-electron chi connectivity index (χ0n) is 11.3. The van der Waals surface area contributed by atoms with Crippen molar-refractivity contribution in [3.05, 3.63) is 34.6 Å². The fourth-order valence-corrected chi connectivity index (χ4v) is 3.00. The molecule has 1 aromatic carbocycles. The minimum absolute atomic E-state index is 0.226. The minimum Gasteiger partial charge on any atom is -0.393 e. The Morgan fingerprint density at radius 3 is 3.00 bits per heavy atom. The standard InChI is InChI=1S/C15H21ClFNO/c1-11(19)9-13-6-2-3-8-18(13)10-12-5-4-7-14(17)15(12)16/h4-5,7,11,13,19H,2-3,6,8-10H2,1H3. The van der Waals surface area contributed by atoms with Crippen LogP contribution >= 0.6 is 11.6 Å². The van der Waals surface area contributed by atoms with E-state index in [1.807, 2.05) is 13.0 Å². The molecule has 19 heavy (non-hydrogen) atoms. The summed E-state index contributed by atoms with van der Waals surface area (Å²) >= 11 is 6.01. The van der Waals surface area contributed by atoms with Crippen molar-refractivity contribution >= 4 is 11.6 Å². The van der Waals surface area contributed by atoms with Gasteiger partial charge in [-0.3, -0.25) is 4.90 Å². The number of hydrogen-bond acceptors (Lipinski definition) is 2. The highest BCUT2D eigenvalue weighted by Gasteiger charge is 2.24. The molecule has 2 rings (SSSR count). The van der Waals surface area contributed by atoms with Crippen LogP contribution in [0, 0.1) is 5.82 Å². The van der Waals surface area contributed by atoms with Gasteiger partial charge in [-0.05, 0) is 44.4 Å². The zero-order valence-corrected chi connectivity index (χ0v) is 12.0. The van der Waals surface area contributed by atoms with Crippen LogP contribution in [0.5, 0.6) is 0 Å². The molecule has 1 aliphatic heterocycles. The first-order chi connectivity index (χ1) is 9.08. The quantitative estimate of drug-likeness (QED) is 0.914. The van der Waals surface area contributed by atoms with Gasteiger partial charge in [0.2, 0.25) is 0 Å². The lowest BCUT2D eigenvalue weighted by Crippen LogP contribution is -2.40. The van der Waals surface area contributed by atoms with E-state index in [9.17, 15) is 9.50 Å².